The smallest absolute Gasteiger partial charge is 0.127 e. The van der Waals surface area contributed by atoms with Crippen LogP contribution in [-0.2, 0) is 6.42 Å². The molecule has 3 nitrogen and oxygen atoms in total. The van der Waals surface area contributed by atoms with E-state index in [1.54, 1.807) is 17.7 Å². The zero-order valence-corrected chi connectivity index (χ0v) is 12.6. The molecular formula is C14H21N3S. The molecule has 0 amide bonds. The summed E-state index contributed by atoms with van der Waals surface area (Å²) in [5, 5.41) is 4.62. The van der Waals surface area contributed by atoms with Gasteiger partial charge in [-0.15, -0.1) is 11.3 Å². The van der Waals surface area contributed by atoms with Crippen LogP contribution < -0.4 is 5.32 Å². The standard InChI is InChI=1S/C14H21N3S/c1-9-6-10-11(16-8-17-13(10)18-9)7-12(15-5)14(2,3)4/h6,8,12,15H,7H2,1-5H3. The summed E-state index contributed by atoms with van der Waals surface area (Å²) in [4.78, 5) is 11.2. The fourth-order valence-corrected chi connectivity index (χ4v) is 3.09. The molecular weight excluding hydrogens is 242 g/mol. The number of rotatable bonds is 3. The maximum absolute atomic E-state index is 4.48. The molecule has 18 heavy (non-hydrogen) atoms. The molecule has 0 bridgehead atoms. The summed E-state index contributed by atoms with van der Waals surface area (Å²) >= 11 is 1.74. The first-order chi connectivity index (χ1) is 8.41. The number of likely N-dealkylation sites (N-methyl/N-ethyl adjacent to an activating group) is 1. The molecule has 0 aliphatic carbocycles. The molecule has 2 rings (SSSR count). The van der Waals surface area contributed by atoms with Gasteiger partial charge in [-0.3, -0.25) is 0 Å². The molecule has 0 fully saturated rings. The first-order valence-corrected chi connectivity index (χ1v) is 7.10. The zero-order valence-electron chi connectivity index (χ0n) is 11.7. The van der Waals surface area contributed by atoms with Crippen molar-refractivity contribution in [3.05, 3.63) is 23.0 Å². The molecule has 0 saturated heterocycles. The first-order valence-electron chi connectivity index (χ1n) is 6.29. The molecule has 0 aliphatic rings. The molecule has 2 aromatic rings. The lowest BCUT2D eigenvalue weighted by atomic mass is 9.84. The fourth-order valence-electron chi connectivity index (χ4n) is 2.22. The minimum Gasteiger partial charge on any atom is -0.316 e. The molecule has 4 heteroatoms. The summed E-state index contributed by atoms with van der Waals surface area (Å²) < 4.78 is 0. The number of thiophene rings is 1. The Hall–Kier alpha value is -1.00. The van der Waals surface area contributed by atoms with Crippen molar-refractivity contribution < 1.29 is 0 Å². The molecule has 2 aromatic heterocycles. The quantitative estimate of drug-likeness (QED) is 0.924. The zero-order chi connectivity index (χ0) is 13.3. The predicted molar refractivity (Wildman–Crippen MR) is 78.2 cm³/mol. The average molecular weight is 263 g/mol. The van der Waals surface area contributed by atoms with Gasteiger partial charge in [0.15, 0.2) is 0 Å². The van der Waals surface area contributed by atoms with E-state index in [1.807, 2.05) is 7.05 Å². The Balaban J connectivity index is 2.36. The summed E-state index contributed by atoms with van der Waals surface area (Å²) in [6.45, 7) is 8.89. The summed E-state index contributed by atoms with van der Waals surface area (Å²) in [6.07, 6.45) is 2.62. The van der Waals surface area contributed by atoms with Crippen LogP contribution in [0.15, 0.2) is 12.4 Å². The second-order valence-electron chi connectivity index (χ2n) is 5.81. The van der Waals surface area contributed by atoms with E-state index in [-0.39, 0.29) is 5.41 Å². The van der Waals surface area contributed by atoms with Gasteiger partial charge in [0.05, 0.1) is 5.69 Å². The highest BCUT2D eigenvalue weighted by Gasteiger charge is 2.24. The second-order valence-corrected chi connectivity index (χ2v) is 7.04. The number of nitrogens with one attached hydrogen (secondary N) is 1. The molecule has 1 N–H and O–H groups in total. The molecule has 2 heterocycles. The van der Waals surface area contributed by atoms with Crippen LogP contribution >= 0.6 is 11.3 Å². The van der Waals surface area contributed by atoms with Crippen LogP contribution in [0, 0.1) is 12.3 Å². The summed E-state index contributed by atoms with van der Waals surface area (Å²) in [7, 11) is 2.02. The van der Waals surface area contributed by atoms with Crippen LogP contribution in [0.5, 0.6) is 0 Å². The lowest BCUT2D eigenvalue weighted by molar-refractivity contribution is 0.279. The largest absolute Gasteiger partial charge is 0.316 e. The van der Waals surface area contributed by atoms with Crippen molar-refractivity contribution in [3.8, 4) is 0 Å². The van der Waals surface area contributed by atoms with Crippen LogP contribution in [0.2, 0.25) is 0 Å². The highest BCUT2D eigenvalue weighted by molar-refractivity contribution is 7.18. The number of aryl methyl sites for hydroxylation is 1. The Labute approximate surface area is 113 Å². The van der Waals surface area contributed by atoms with Crippen molar-refractivity contribution in [2.45, 2.75) is 40.2 Å². The Morgan fingerprint density at radius 2 is 2.06 bits per heavy atom. The Morgan fingerprint density at radius 1 is 1.33 bits per heavy atom. The van der Waals surface area contributed by atoms with Gasteiger partial charge in [0.1, 0.15) is 11.2 Å². The van der Waals surface area contributed by atoms with E-state index < -0.39 is 0 Å². The van der Waals surface area contributed by atoms with Crippen molar-refractivity contribution in [1.29, 1.82) is 0 Å². The van der Waals surface area contributed by atoms with Gasteiger partial charge in [-0.2, -0.15) is 0 Å². The maximum atomic E-state index is 4.48. The molecule has 0 radical (unpaired) electrons. The minimum atomic E-state index is 0.219. The normalized spacial score (nSPS) is 14.1. The Morgan fingerprint density at radius 3 is 2.67 bits per heavy atom. The van der Waals surface area contributed by atoms with Gasteiger partial charge in [-0.25, -0.2) is 9.97 Å². The van der Waals surface area contributed by atoms with Gasteiger partial charge in [-0.1, -0.05) is 20.8 Å². The fraction of sp³-hybridized carbons (Fsp3) is 0.571. The third-order valence-corrected chi connectivity index (χ3v) is 4.28. The minimum absolute atomic E-state index is 0.219. The number of aromatic nitrogens is 2. The number of hydrogen-bond donors (Lipinski definition) is 1. The second kappa shape index (κ2) is 4.94. The number of nitrogens with zero attached hydrogens (tertiary/aromatic N) is 2. The van der Waals surface area contributed by atoms with Gasteiger partial charge in [0, 0.05) is 22.7 Å². The van der Waals surface area contributed by atoms with Crippen molar-refractivity contribution in [1.82, 2.24) is 15.3 Å². The number of fused-ring (bicyclic) bond motifs is 1. The summed E-state index contributed by atoms with van der Waals surface area (Å²) in [5.74, 6) is 0. The highest BCUT2D eigenvalue weighted by Crippen LogP contribution is 2.28. The van der Waals surface area contributed by atoms with Crippen LogP contribution in [0.4, 0.5) is 0 Å². The van der Waals surface area contributed by atoms with Crippen LogP contribution in [0.3, 0.4) is 0 Å². The van der Waals surface area contributed by atoms with Gasteiger partial charge in [0.2, 0.25) is 0 Å². The van der Waals surface area contributed by atoms with Crippen molar-refractivity contribution in [2.75, 3.05) is 7.05 Å². The van der Waals surface area contributed by atoms with Gasteiger partial charge >= 0.3 is 0 Å². The molecule has 0 aliphatic heterocycles. The molecule has 0 spiro atoms. The van der Waals surface area contributed by atoms with E-state index >= 15 is 0 Å². The predicted octanol–water partition coefficient (Wildman–Crippen LogP) is 3.18. The van der Waals surface area contributed by atoms with Crippen LogP contribution in [-0.4, -0.2) is 23.1 Å². The van der Waals surface area contributed by atoms with Crippen molar-refractivity contribution >= 4 is 21.6 Å². The van der Waals surface area contributed by atoms with Gasteiger partial charge in [-0.05, 0) is 25.5 Å². The Bertz CT molecular complexity index is 539. The van der Waals surface area contributed by atoms with Crippen molar-refractivity contribution in [2.24, 2.45) is 5.41 Å². The van der Waals surface area contributed by atoms with Crippen LogP contribution in [0.25, 0.3) is 10.2 Å². The van der Waals surface area contributed by atoms with E-state index in [9.17, 15) is 0 Å². The maximum Gasteiger partial charge on any atom is 0.127 e. The topological polar surface area (TPSA) is 37.8 Å². The first kappa shape index (κ1) is 13.4. The molecule has 0 aromatic carbocycles. The lowest BCUT2D eigenvalue weighted by Crippen LogP contribution is -2.40. The van der Waals surface area contributed by atoms with Gasteiger partial charge < -0.3 is 5.32 Å². The third kappa shape index (κ3) is 2.70. The number of hydrogen-bond acceptors (Lipinski definition) is 4. The lowest BCUT2D eigenvalue weighted by Gasteiger charge is -2.30. The molecule has 0 saturated carbocycles. The van der Waals surface area contributed by atoms with Crippen LogP contribution in [0.1, 0.15) is 31.3 Å². The van der Waals surface area contributed by atoms with E-state index in [4.69, 9.17) is 0 Å². The van der Waals surface area contributed by atoms with E-state index in [2.05, 4.69) is 49.0 Å². The third-order valence-electron chi connectivity index (χ3n) is 3.33. The summed E-state index contributed by atoms with van der Waals surface area (Å²) in [6, 6.07) is 2.61. The Kier molecular flexibility index (Phi) is 3.69. The SMILES string of the molecule is CNC(Cc1ncnc2sc(C)cc12)C(C)(C)C. The average Bonchev–Trinajstić information content (AvgIpc) is 2.65. The van der Waals surface area contributed by atoms with Crippen molar-refractivity contribution in [3.63, 3.8) is 0 Å². The van der Waals surface area contributed by atoms with E-state index in [1.165, 1.54) is 10.3 Å². The van der Waals surface area contributed by atoms with Gasteiger partial charge in [0.25, 0.3) is 0 Å². The summed E-state index contributed by atoms with van der Waals surface area (Å²) in [5.41, 5.74) is 1.37. The molecule has 98 valence electrons. The van der Waals surface area contributed by atoms with E-state index in [0.29, 0.717) is 6.04 Å². The molecule has 1 unspecified atom stereocenters. The highest BCUT2D eigenvalue weighted by atomic mass is 32.1. The monoisotopic (exact) mass is 263 g/mol. The van der Waals surface area contributed by atoms with E-state index in [0.717, 1.165) is 16.9 Å². The molecule has 1 atom stereocenters.